The first kappa shape index (κ1) is 18.0. The highest BCUT2D eigenvalue weighted by molar-refractivity contribution is 5.90. The van der Waals surface area contributed by atoms with Crippen LogP contribution in [0.3, 0.4) is 0 Å². The molecule has 0 aliphatic carbocycles. The Kier molecular flexibility index (Phi) is 6.37. The third-order valence-corrected chi connectivity index (χ3v) is 3.57. The van der Waals surface area contributed by atoms with E-state index in [-0.39, 0.29) is 24.2 Å². The molecule has 1 aromatic carbocycles. The summed E-state index contributed by atoms with van der Waals surface area (Å²) >= 11 is 0. The summed E-state index contributed by atoms with van der Waals surface area (Å²) in [5.41, 5.74) is 1.56. The molecule has 130 valence electrons. The van der Waals surface area contributed by atoms with Gasteiger partial charge in [-0.1, -0.05) is 12.1 Å². The first-order valence-corrected chi connectivity index (χ1v) is 8.14. The lowest BCUT2D eigenvalue weighted by Gasteiger charge is -2.35. The van der Waals surface area contributed by atoms with Gasteiger partial charge in [-0.15, -0.1) is 0 Å². The number of morpholine rings is 1. The van der Waals surface area contributed by atoms with Gasteiger partial charge in [-0.05, 0) is 44.5 Å². The fourth-order valence-electron chi connectivity index (χ4n) is 2.58. The number of esters is 1. The fraction of sp³-hybridized carbons (Fsp3) is 0.444. The van der Waals surface area contributed by atoms with Crippen molar-refractivity contribution in [2.24, 2.45) is 0 Å². The Balaban J connectivity index is 1.91. The maximum atomic E-state index is 12.3. The standard InChI is InChI=1S/C18H24N2O4/c1-4-23-17(21)10-7-15-5-8-16(9-6-15)19-18(22)20-11-13(2)24-14(3)12-20/h5-10,13-14H,4,11-12H2,1-3H3,(H,19,22)/b10-7-/t13-,14-/m0/s1. The lowest BCUT2D eigenvalue weighted by molar-refractivity contribution is -0.137. The zero-order valence-electron chi connectivity index (χ0n) is 14.3. The number of nitrogens with zero attached hydrogens (tertiary/aromatic N) is 1. The van der Waals surface area contributed by atoms with Gasteiger partial charge in [-0.2, -0.15) is 0 Å². The van der Waals surface area contributed by atoms with E-state index in [4.69, 9.17) is 9.47 Å². The second-order valence-corrected chi connectivity index (χ2v) is 5.80. The van der Waals surface area contributed by atoms with E-state index in [0.29, 0.717) is 25.4 Å². The SMILES string of the molecule is CCOC(=O)/C=C\c1ccc(NC(=O)N2C[C@H](C)O[C@@H](C)C2)cc1. The molecule has 6 heteroatoms. The number of hydrogen-bond donors (Lipinski definition) is 1. The normalized spacial score (nSPS) is 20.9. The Morgan fingerprint density at radius 1 is 1.25 bits per heavy atom. The summed E-state index contributed by atoms with van der Waals surface area (Å²) in [6.07, 6.45) is 3.13. The van der Waals surface area contributed by atoms with Crippen molar-refractivity contribution in [1.82, 2.24) is 4.90 Å². The van der Waals surface area contributed by atoms with Crippen LogP contribution < -0.4 is 5.32 Å². The molecule has 0 unspecified atom stereocenters. The van der Waals surface area contributed by atoms with Gasteiger partial charge in [0.15, 0.2) is 0 Å². The molecule has 24 heavy (non-hydrogen) atoms. The number of hydrogen-bond acceptors (Lipinski definition) is 4. The van der Waals surface area contributed by atoms with Gasteiger partial charge in [-0.3, -0.25) is 0 Å². The van der Waals surface area contributed by atoms with Crippen molar-refractivity contribution in [3.8, 4) is 0 Å². The molecule has 2 amide bonds. The van der Waals surface area contributed by atoms with Crippen LogP contribution in [0.15, 0.2) is 30.3 Å². The summed E-state index contributed by atoms with van der Waals surface area (Å²) in [6, 6.07) is 7.13. The molecule has 0 bridgehead atoms. The summed E-state index contributed by atoms with van der Waals surface area (Å²) in [6.45, 7) is 7.19. The zero-order valence-corrected chi connectivity index (χ0v) is 14.3. The molecule has 1 aromatic rings. The van der Waals surface area contributed by atoms with E-state index in [0.717, 1.165) is 5.56 Å². The van der Waals surface area contributed by atoms with Crippen molar-refractivity contribution >= 4 is 23.8 Å². The van der Waals surface area contributed by atoms with Gasteiger partial charge in [0.25, 0.3) is 0 Å². The highest BCUT2D eigenvalue weighted by atomic mass is 16.5. The van der Waals surface area contributed by atoms with E-state index >= 15 is 0 Å². The summed E-state index contributed by atoms with van der Waals surface area (Å²) in [4.78, 5) is 25.3. The minimum atomic E-state index is -0.370. The molecule has 2 atom stereocenters. The van der Waals surface area contributed by atoms with Gasteiger partial charge in [0.2, 0.25) is 0 Å². The number of amides is 2. The fourth-order valence-corrected chi connectivity index (χ4v) is 2.58. The van der Waals surface area contributed by atoms with E-state index < -0.39 is 0 Å². The minimum Gasteiger partial charge on any atom is -0.463 e. The molecule has 1 aliphatic rings. The van der Waals surface area contributed by atoms with Gasteiger partial charge >= 0.3 is 12.0 Å². The Bertz CT molecular complexity index is 588. The zero-order chi connectivity index (χ0) is 17.5. The number of rotatable bonds is 4. The second kappa shape index (κ2) is 8.49. The first-order chi connectivity index (χ1) is 11.5. The van der Waals surface area contributed by atoms with Crippen LogP contribution in [-0.2, 0) is 14.3 Å². The molecule has 0 aromatic heterocycles. The highest BCUT2D eigenvalue weighted by Crippen LogP contribution is 2.15. The summed E-state index contributed by atoms with van der Waals surface area (Å²) < 4.78 is 10.5. The predicted octanol–water partition coefficient (Wildman–Crippen LogP) is 2.90. The lowest BCUT2D eigenvalue weighted by Crippen LogP contribution is -2.49. The van der Waals surface area contributed by atoms with Crippen LogP contribution in [0.2, 0.25) is 0 Å². The van der Waals surface area contributed by atoms with Crippen molar-refractivity contribution in [1.29, 1.82) is 0 Å². The molecule has 6 nitrogen and oxygen atoms in total. The quantitative estimate of drug-likeness (QED) is 0.680. The van der Waals surface area contributed by atoms with Gasteiger partial charge in [0.1, 0.15) is 0 Å². The smallest absolute Gasteiger partial charge is 0.330 e. The summed E-state index contributed by atoms with van der Waals surface area (Å²) in [7, 11) is 0. The van der Waals surface area contributed by atoms with Crippen LogP contribution >= 0.6 is 0 Å². The number of anilines is 1. The van der Waals surface area contributed by atoms with Crippen LogP contribution in [0.25, 0.3) is 6.08 Å². The third-order valence-electron chi connectivity index (χ3n) is 3.57. The van der Waals surface area contributed by atoms with Crippen molar-refractivity contribution in [3.05, 3.63) is 35.9 Å². The van der Waals surface area contributed by atoms with Gasteiger partial charge < -0.3 is 19.7 Å². The average molecular weight is 332 g/mol. The van der Waals surface area contributed by atoms with Crippen molar-refractivity contribution < 1.29 is 19.1 Å². The molecule has 2 rings (SSSR count). The van der Waals surface area contributed by atoms with Crippen molar-refractivity contribution in [2.45, 2.75) is 33.0 Å². The number of urea groups is 1. The molecule has 1 saturated heterocycles. The van der Waals surface area contributed by atoms with Crippen LogP contribution in [-0.4, -0.2) is 48.8 Å². The Hall–Kier alpha value is -2.34. The molecule has 1 N–H and O–H groups in total. The number of nitrogens with one attached hydrogen (secondary N) is 1. The molecule has 1 aliphatic heterocycles. The molecular weight excluding hydrogens is 308 g/mol. The van der Waals surface area contributed by atoms with Crippen molar-refractivity contribution in [3.63, 3.8) is 0 Å². The van der Waals surface area contributed by atoms with Gasteiger partial charge in [0.05, 0.1) is 18.8 Å². The van der Waals surface area contributed by atoms with E-state index in [9.17, 15) is 9.59 Å². The maximum absolute atomic E-state index is 12.3. The molecule has 0 radical (unpaired) electrons. The van der Waals surface area contributed by atoms with E-state index in [1.807, 2.05) is 26.0 Å². The lowest BCUT2D eigenvalue weighted by atomic mass is 10.2. The van der Waals surface area contributed by atoms with Crippen LogP contribution in [0, 0.1) is 0 Å². The number of benzene rings is 1. The Labute approximate surface area is 142 Å². The number of carbonyl (C=O) groups excluding carboxylic acids is 2. The number of carbonyl (C=O) groups is 2. The Morgan fingerprint density at radius 3 is 2.46 bits per heavy atom. The summed E-state index contributed by atoms with van der Waals surface area (Å²) in [5, 5.41) is 2.88. The first-order valence-electron chi connectivity index (χ1n) is 8.14. The minimum absolute atomic E-state index is 0.0369. The Morgan fingerprint density at radius 2 is 1.88 bits per heavy atom. The molecule has 0 saturated carbocycles. The monoisotopic (exact) mass is 332 g/mol. The average Bonchev–Trinajstić information content (AvgIpc) is 2.53. The van der Waals surface area contributed by atoms with E-state index in [2.05, 4.69) is 5.32 Å². The molecule has 1 fully saturated rings. The molecular formula is C18H24N2O4. The molecule has 1 heterocycles. The van der Waals surface area contributed by atoms with E-state index in [1.54, 1.807) is 30.0 Å². The second-order valence-electron chi connectivity index (χ2n) is 5.80. The van der Waals surface area contributed by atoms with Crippen LogP contribution in [0.1, 0.15) is 26.3 Å². The largest absolute Gasteiger partial charge is 0.463 e. The van der Waals surface area contributed by atoms with Crippen LogP contribution in [0.4, 0.5) is 10.5 Å². The van der Waals surface area contributed by atoms with Crippen molar-refractivity contribution in [2.75, 3.05) is 25.0 Å². The van der Waals surface area contributed by atoms with Gasteiger partial charge in [-0.25, -0.2) is 9.59 Å². The van der Waals surface area contributed by atoms with E-state index in [1.165, 1.54) is 6.08 Å². The topological polar surface area (TPSA) is 67.9 Å². The molecule has 0 spiro atoms. The number of ether oxygens (including phenoxy) is 2. The summed E-state index contributed by atoms with van der Waals surface area (Å²) in [5.74, 6) is -0.370. The van der Waals surface area contributed by atoms with Crippen LogP contribution in [0.5, 0.6) is 0 Å². The van der Waals surface area contributed by atoms with Gasteiger partial charge in [0, 0.05) is 24.9 Å². The third kappa shape index (κ3) is 5.38. The maximum Gasteiger partial charge on any atom is 0.330 e. The highest BCUT2D eigenvalue weighted by Gasteiger charge is 2.25. The predicted molar refractivity (Wildman–Crippen MR) is 92.7 cm³/mol.